The van der Waals surface area contributed by atoms with Crippen molar-refractivity contribution in [2.75, 3.05) is 39.2 Å². The maximum atomic E-state index is 13.8. The fraction of sp³-hybridized carbons (Fsp3) is 0.269. The smallest absolute Gasteiger partial charge is 0.258 e. The van der Waals surface area contributed by atoms with Gasteiger partial charge in [-0.3, -0.25) is 9.59 Å². The van der Waals surface area contributed by atoms with E-state index in [-0.39, 0.29) is 17.9 Å². The highest BCUT2D eigenvalue weighted by molar-refractivity contribution is 5.99. The van der Waals surface area contributed by atoms with Crippen molar-refractivity contribution in [2.24, 2.45) is 0 Å². The second-order valence-corrected chi connectivity index (χ2v) is 8.01. The highest BCUT2D eigenvalue weighted by Gasteiger charge is 2.34. The summed E-state index contributed by atoms with van der Waals surface area (Å²) < 4.78 is 10.5. The lowest BCUT2D eigenvalue weighted by Crippen LogP contribution is -2.52. The number of ether oxygens (including phenoxy) is 2. The molecule has 8 nitrogen and oxygen atoms in total. The van der Waals surface area contributed by atoms with Crippen LogP contribution in [0.3, 0.4) is 0 Å². The highest BCUT2D eigenvalue weighted by atomic mass is 16.5. The van der Waals surface area contributed by atoms with E-state index in [2.05, 4.69) is 10.3 Å². The minimum Gasteiger partial charge on any atom is -0.497 e. The SMILES string of the molecule is COc1ccc(Nc2ncccc2C(=O)N2CCN(C(C)=O)CC2c2ccc(OC)cc2)cc1. The molecule has 34 heavy (non-hydrogen) atoms. The number of hydrogen-bond donors (Lipinski definition) is 1. The molecule has 2 amide bonds. The van der Waals surface area contributed by atoms with Crippen molar-refractivity contribution in [1.29, 1.82) is 0 Å². The van der Waals surface area contributed by atoms with E-state index >= 15 is 0 Å². The molecule has 2 heterocycles. The zero-order valence-corrected chi connectivity index (χ0v) is 19.5. The largest absolute Gasteiger partial charge is 0.497 e. The fourth-order valence-corrected chi connectivity index (χ4v) is 4.07. The van der Waals surface area contributed by atoms with Gasteiger partial charge in [0, 0.05) is 38.4 Å². The summed E-state index contributed by atoms with van der Waals surface area (Å²) in [5.74, 6) is 1.80. The lowest BCUT2D eigenvalue weighted by atomic mass is 10.0. The van der Waals surface area contributed by atoms with Crippen LogP contribution in [0.1, 0.15) is 28.9 Å². The number of nitrogens with one attached hydrogen (secondary N) is 1. The molecule has 176 valence electrons. The number of methoxy groups -OCH3 is 2. The van der Waals surface area contributed by atoms with Crippen LogP contribution in [0.25, 0.3) is 0 Å². The molecule has 0 saturated carbocycles. The lowest BCUT2D eigenvalue weighted by molar-refractivity contribution is -0.131. The molecule has 1 unspecified atom stereocenters. The van der Waals surface area contributed by atoms with Crippen LogP contribution >= 0.6 is 0 Å². The van der Waals surface area contributed by atoms with Crippen molar-refractivity contribution in [2.45, 2.75) is 13.0 Å². The number of pyridine rings is 1. The molecule has 0 bridgehead atoms. The Kier molecular flexibility index (Phi) is 6.96. The molecule has 3 aromatic rings. The first kappa shape index (κ1) is 23.1. The maximum Gasteiger partial charge on any atom is 0.258 e. The molecule has 1 atom stereocenters. The van der Waals surface area contributed by atoms with Gasteiger partial charge in [0.1, 0.15) is 17.3 Å². The summed E-state index contributed by atoms with van der Waals surface area (Å²) in [6, 6.07) is 18.3. The molecule has 4 rings (SSSR count). The molecule has 0 radical (unpaired) electrons. The number of amides is 2. The van der Waals surface area contributed by atoms with Crippen LogP contribution in [-0.2, 0) is 4.79 Å². The second-order valence-electron chi connectivity index (χ2n) is 8.01. The summed E-state index contributed by atoms with van der Waals surface area (Å²) in [6.07, 6.45) is 1.65. The zero-order valence-electron chi connectivity index (χ0n) is 19.5. The Balaban J connectivity index is 1.63. The Morgan fingerprint density at radius 2 is 1.59 bits per heavy atom. The van der Waals surface area contributed by atoms with Crippen molar-refractivity contribution in [3.05, 3.63) is 78.0 Å². The molecule has 1 fully saturated rings. The van der Waals surface area contributed by atoms with E-state index in [1.165, 1.54) is 0 Å². The number of nitrogens with zero attached hydrogens (tertiary/aromatic N) is 3. The molecule has 1 aromatic heterocycles. The number of carbonyl (C=O) groups is 2. The van der Waals surface area contributed by atoms with E-state index in [0.717, 1.165) is 22.7 Å². The van der Waals surface area contributed by atoms with Crippen LogP contribution in [0.5, 0.6) is 11.5 Å². The van der Waals surface area contributed by atoms with Gasteiger partial charge >= 0.3 is 0 Å². The number of piperazine rings is 1. The Morgan fingerprint density at radius 3 is 2.21 bits per heavy atom. The van der Waals surface area contributed by atoms with E-state index in [9.17, 15) is 9.59 Å². The minimum atomic E-state index is -0.287. The predicted molar refractivity (Wildman–Crippen MR) is 130 cm³/mol. The predicted octanol–water partition coefficient (Wildman–Crippen LogP) is 3.89. The van der Waals surface area contributed by atoms with Gasteiger partial charge in [0.25, 0.3) is 5.91 Å². The number of anilines is 2. The summed E-state index contributed by atoms with van der Waals surface area (Å²) in [5, 5.41) is 3.25. The van der Waals surface area contributed by atoms with Crippen LogP contribution in [0, 0.1) is 0 Å². The van der Waals surface area contributed by atoms with E-state index < -0.39 is 0 Å². The summed E-state index contributed by atoms with van der Waals surface area (Å²) in [6.45, 7) is 2.89. The summed E-state index contributed by atoms with van der Waals surface area (Å²) in [7, 11) is 3.23. The quantitative estimate of drug-likeness (QED) is 0.601. The molecule has 1 aliphatic rings. The van der Waals surface area contributed by atoms with Gasteiger partial charge in [0.2, 0.25) is 5.91 Å². The molecule has 0 aliphatic carbocycles. The van der Waals surface area contributed by atoms with Gasteiger partial charge in [-0.1, -0.05) is 12.1 Å². The van der Waals surface area contributed by atoms with Gasteiger partial charge in [-0.05, 0) is 54.1 Å². The van der Waals surface area contributed by atoms with Gasteiger partial charge in [-0.15, -0.1) is 0 Å². The first-order valence-corrected chi connectivity index (χ1v) is 11.1. The summed E-state index contributed by atoms with van der Waals surface area (Å²) in [4.78, 5) is 33.9. The Hall–Kier alpha value is -4.07. The third kappa shape index (κ3) is 4.96. The van der Waals surface area contributed by atoms with Gasteiger partial charge in [0.05, 0.1) is 25.8 Å². The lowest BCUT2D eigenvalue weighted by Gasteiger charge is -2.41. The van der Waals surface area contributed by atoms with Gasteiger partial charge < -0.3 is 24.6 Å². The maximum absolute atomic E-state index is 13.8. The van der Waals surface area contributed by atoms with Gasteiger partial charge in [-0.25, -0.2) is 4.98 Å². The summed E-state index contributed by atoms with van der Waals surface area (Å²) in [5.41, 5.74) is 2.20. The topological polar surface area (TPSA) is 84.0 Å². The van der Waals surface area contributed by atoms with E-state index in [1.54, 1.807) is 44.4 Å². The van der Waals surface area contributed by atoms with Crippen LogP contribution in [0.2, 0.25) is 0 Å². The molecule has 2 aromatic carbocycles. The van der Waals surface area contributed by atoms with E-state index in [4.69, 9.17) is 9.47 Å². The van der Waals surface area contributed by atoms with Crippen molar-refractivity contribution in [3.8, 4) is 11.5 Å². The van der Waals surface area contributed by atoms with Crippen molar-refractivity contribution >= 4 is 23.3 Å². The molecular weight excluding hydrogens is 432 g/mol. The standard InChI is InChI=1S/C26H28N4O4/c1-18(31)29-15-16-30(24(17-29)19-6-10-21(33-2)11-7-19)26(32)23-5-4-14-27-25(23)28-20-8-12-22(34-3)13-9-20/h4-14,24H,15-17H2,1-3H3,(H,27,28). The van der Waals surface area contributed by atoms with E-state index in [1.807, 2.05) is 53.4 Å². The van der Waals surface area contributed by atoms with Crippen LogP contribution in [-0.4, -0.2) is 60.5 Å². The number of hydrogen-bond acceptors (Lipinski definition) is 6. The normalized spacial score (nSPS) is 15.6. The second kappa shape index (κ2) is 10.2. The third-order valence-corrected chi connectivity index (χ3v) is 5.98. The molecule has 1 aliphatic heterocycles. The number of carbonyl (C=O) groups excluding carboxylic acids is 2. The van der Waals surface area contributed by atoms with Crippen LogP contribution < -0.4 is 14.8 Å². The molecule has 1 N–H and O–H groups in total. The minimum absolute atomic E-state index is 0.00569. The van der Waals surface area contributed by atoms with Crippen molar-refractivity contribution in [1.82, 2.24) is 14.8 Å². The van der Waals surface area contributed by atoms with E-state index in [0.29, 0.717) is 31.0 Å². The molecule has 1 saturated heterocycles. The first-order valence-electron chi connectivity index (χ1n) is 11.1. The van der Waals surface area contributed by atoms with Gasteiger partial charge in [-0.2, -0.15) is 0 Å². The molecule has 8 heteroatoms. The third-order valence-electron chi connectivity index (χ3n) is 5.98. The van der Waals surface area contributed by atoms with Crippen LogP contribution in [0.4, 0.5) is 11.5 Å². The van der Waals surface area contributed by atoms with Crippen molar-refractivity contribution in [3.63, 3.8) is 0 Å². The van der Waals surface area contributed by atoms with Gasteiger partial charge in [0.15, 0.2) is 0 Å². The monoisotopic (exact) mass is 460 g/mol. The average molecular weight is 461 g/mol. The average Bonchev–Trinajstić information content (AvgIpc) is 2.88. The van der Waals surface area contributed by atoms with Crippen LogP contribution in [0.15, 0.2) is 66.9 Å². The summed E-state index contributed by atoms with van der Waals surface area (Å²) >= 11 is 0. The zero-order chi connectivity index (χ0) is 24.1. The Morgan fingerprint density at radius 1 is 0.941 bits per heavy atom. The first-order chi connectivity index (χ1) is 16.5. The molecular formula is C26H28N4O4. The number of rotatable bonds is 6. The Labute approximate surface area is 199 Å². The fourth-order valence-electron chi connectivity index (χ4n) is 4.07. The van der Waals surface area contributed by atoms with Crippen molar-refractivity contribution < 1.29 is 19.1 Å². The Bertz CT molecular complexity index is 1150. The molecule has 0 spiro atoms. The highest BCUT2D eigenvalue weighted by Crippen LogP contribution is 2.30. The number of aromatic nitrogens is 1. The number of benzene rings is 2.